The highest BCUT2D eigenvalue weighted by molar-refractivity contribution is 6.73. The van der Waals surface area contributed by atoms with Crippen molar-refractivity contribution in [2.45, 2.75) is 71.7 Å². The summed E-state index contributed by atoms with van der Waals surface area (Å²) in [5.74, 6) is 3.46. The minimum absolute atomic E-state index is 0.359. The van der Waals surface area contributed by atoms with Crippen LogP contribution >= 0.6 is 0 Å². The maximum Gasteiger partial charge on any atom is 0.194 e. The van der Waals surface area contributed by atoms with Crippen molar-refractivity contribution >= 4 is 8.32 Å². The first-order chi connectivity index (χ1) is 7.37. The summed E-state index contributed by atoms with van der Waals surface area (Å²) in [4.78, 5) is 0. The van der Waals surface area contributed by atoms with Gasteiger partial charge in [-0.15, -0.1) is 6.42 Å². The zero-order valence-electron chi connectivity index (χ0n) is 11.9. The molecule has 1 atom stereocenters. The molecule has 0 aliphatic carbocycles. The van der Waals surface area contributed by atoms with Crippen LogP contribution in [0.1, 0.15) is 48.0 Å². The van der Waals surface area contributed by atoms with Gasteiger partial charge < -0.3 is 4.43 Å². The second-order valence-electron chi connectivity index (χ2n) is 5.32. The standard InChI is InChI=1S/C14H28OSi/c1-8-14(7,12-13(5)6)15-16(9-2,10-3)11-4/h1,13H,9-12H2,2-7H3. The summed E-state index contributed by atoms with van der Waals surface area (Å²) in [5, 5.41) is 0. The van der Waals surface area contributed by atoms with E-state index in [-0.39, 0.29) is 5.60 Å². The van der Waals surface area contributed by atoms with E-state index in [2.05, 4.69) is 47.5 Å². The lowest BCUT2D eigenvalue weighted by atomic mass is 9.95. The highest BCUT2D eigenvalue weighted by Gasteiger charge is 2.37. The number of terminal acetylenes is 1. The first-order valence-electron chi connectivity index (χ1n) is 6.55. The summed E-state index contributed by atoms with van der Waals surface area (Å²) in [7, 11) is -1.58. The minimum atomic E-state index is -1.58. The Bertz CT molecular complexity index is 229. The molecule has 1 nitrogen and oxygen atoms in total. The molecule has 1 unspecified atom stereocenters. The van der Waals surface area contributed by atoms with Gasteiger partial charge in [-0.25, -0.2) is 0 Å². The molecule has 0 fully saturated rings. The molecule has 0 aliphatic rings. The van der Waals surface area contributed by atoms with Gasteiger partial charge in [0, 0.05) is 0 Å². The molecule has 0 N–H and O–H groups in total. The van der Waals surface area contributed by atoms with E-state index in [1.165, 1.54) is 0 Å². The average Bonchev–Trinajstić information content (AvgIpc) is 2.25. The van der Waals surface area contributed by atoms with E-state index in [1.807, 2.05) is 0 Å². The molecule has 0 heterocycles. The van der Waals surface area contributed by atoms with Gasteiger partial charge in [0.05, 0.1) is 0 Å². The Kier molecular flexibility index (Phi) is 6.36. The topological polar surface area (TPSA) is 9.23 Å². The van der Waals surface area contributed by atoms with Gasteiger partial charge in [0.1, 0.15) is 5.60 Å². The molecule has 16 heavy (non-hydrogen) atoms. The first kappa shape index (κ1) is 15.7. The zero-order valence-corrected chi connectivity index (χ0v) is 12.9. The number of hydrogen-bond acceptors (Lipinski definition) is 1. The molecule has 0 bridgehead atoms. The smallest absolute Gasteiger partial charge is 0.194 e. The Balaban J connectivity index is 4.81. The van der Waals surface area contributed by atoms with Gasteiger partial charge in [-0.2, -0.15) is 0 Å². The van der Waals surface area contributed by atoms with Gasteiger partial charge in [-0.05, 0) is 37.4 Å². The average molecular weight is 240 g/mol. The summed E-state index contributed by atoms with van der Waals surface area (Å²) < 4.78 is 6.44. The predicted molar refractivity (Wildman–Crippen MR) is 75.0 cm³/mol. The van der Waals surface area contributed by atoms with Crippen molar-refractivity contribution in [2.24, 2.45) is 5.92 Å². The SMILES string of the molecule is C#CC(C)(CC(C)C)O[Si](CC)(CC)CC. The predicted octanol–water partition coefficient (Wildman–Crippen LogP) is 4.45. The second kappa shape index (κ2) is 6.47. The van der Waals surface area contributed by atoms with E-state index in [0.717, 1.165) is 24.6 Å². The lowest BCUT2D eigenvalue weighted by molar-refractivity contribution is 0.111. The quantitative estimate of drug-likeness (QED) is 0.472. The maximum atomic E-state index is 6.44. The summed E-state index contributed by atoms with van der Waals surface area (Å²) in [5.41, 5.74) is -0.359. The molecule has 0 aromatic heterocycles. The van der Waals surface area contributed by atoms with Gasteiger partial charge in [0.25, 0.3) is 0 Å². The molecule has 0 radical (unpaired) electrons. The molecule has 0 rings (SSSR count). The second-order valence-corrected chi connectivity index (χ2v) is 10.0. The number of rotatable bonds is 7. The van der Waals surface area contributed by atoms with Crippen LogP contribution in [0.4, 0.5) is 0 Å². The molecular formula is C14H28OSi. The zero-order chi connectivity index (χ0) is 12.8. The molecule has 94 valence electrons. The van der Waals surface area contributed by atoms with Crippen LogP contribution in [0.2, 0.25) is 18.1 Å². The van der Waals surface area contributed by atoms with Crippen molar-refractivity contribution < 1.29 is 4.43 Å². The van der Waals surface area contributed by atoms with Crippen LogP contribution in [0.5, 0.6) is 0 Å². The van der Waals surface area contributed by atoms with Crippen molar-refractivity contribution in [1.29, 1.82) is 0 Å². The van der Waals surface area contributed by atoms with Gasteiger partial charge in [0.15, 0.2) is 8.32 Å². The van der Waals surface area contributed by atoms with Crippen LogP contribution in [0, 0.1) is 18.3 Å². The molecular weight excluding hydrogens is 212 g/mol. The third kappa shape index (κ3) is 4.31. The Hall–Kier alpha value is -0.263. The summed E-state index contributed by atoms with van der Waals surface area (Å²) >= 11 is 0. The van der Waals surface area contributed by atoms with Gasteiger partial charge in [-0.1, -0.05) is 40.5 Å². The summed E-state index contributed by atoms with van der Waals surface area (Å²) in [6.45, 7) is 13.2. The third-order valence-corrected chi connectivity index (χ3v) is 8.23. The Morgan fingerprint density at radius 2 is 1.62 bits per heavy atom. The normalized spacial score (nSPS) is 15.9. The Labute approximate surface area is 103 Å². The van der Waals surface area contributed by atoms with Gasteiger partial charge in [0.2, 0.25) is 0 Å². The van der Waals surface area contributed by atoms with Crippen molar-refractivity contribution in [2.75, 3.05) is 0 Å². The summed E-state index contributed by atoms with van der Waals surface area (Å²) in [6, 6.07) is 3.49. The van der Waals surface area contributed by atoms with E-state index in [9.17, 15) is 0 Å². The fourth-order valence-electron chi connectivity index (χ4n) is 2.35. The van der Waals surface area contributed by atoms with Gasteiger partial charge in [-0.3, -0.25) is 0 Å². The van der Waals surface area contributed by atoms with Crippen molar-refractivity contribution in [3.8, 4) is 12.3 Å². The monoisotopic (exact) mass is 240 g/mol. The fraction of sp³-hybridized carbons (Fsp3) is 0.857. The van der Waals surface area contributed by atoms with E-state index in [0.29, 0.717) is 5.92 Å². The molecule has 0 aromatic rings. The molecule has 2 heteroatoms. The van der Waals surface area contributed by atoms with Crippen LogP contribution in [0.3, 0.4) is 0 Å². The van der Waals surface area contributed by atoms with E-state index in [1.54, 1.807) is 0 Å². The Morgan fingerprint density at radius 1 is 1.19 bits per heavy atom. The minimum Gasteiger partial charge on any atom is -0.401 e. The van der Waals surface area contributed by atoms with Crippen LogP contribution in [-0.2, 0) is 4.43 Å². The van der Waals surface area contributed by atoms with Crippen LogP contribution in [0.15, 0.2) is 0 Å². The van der Waals surface area contributed by atoms with Crippen molar-refractivity contribution in [1.82, 2.24) is 0 Å². The van der Waals surface area contributed by atoms with Crippen molar-refractivity contribution in [3.05, 3.63) is 0 Å². The summed E-state index contributed by atoms with van der Waals surface area (Å²) in [6.07, 6.45) is 6.63. The lowest BCUT2D eigenvalue weighted by Gasteiger charge is -2.38. The molecule has 0 saturated heterocycles. The van der Waals surface area contributed by atoms with E-state index in [4.69, 9.17) is 10.8 Å². The molecule has 0 aliphatic heterocycles. The first-order valence-corrected chi connectivity index (χ1v) is 9.07. The third-order valence-electron chi connectivity index (χ3n) is 3.48. The lowest BCUT2D eigenvalue weighted by Crippen LogP contribution is -2.45. The number of hydrogen-bond donors (Lipinski definition) is 0. The highest BCUT2D eigenvalue weighted by atomic mass is 28.4. The van der Waals surface area contributed by atoms with Crippen molar-refractivity contribution in [3.63, 3.8) is 0 Å². The molecule has 0 spiro atoms. The fourth-order valence-corrected chi connectivity index (χ4v) is 5.38. The highest BCUT2D eigenvalue weighted by Crippen LogP contribution is 2.31. The van der Waals surface area contributed by atoms with Crippen LogP contribution in [-0.4, -0.2) is 13.9 Å². The Morgan fingerprint density at radius 3 is 1.88 bits per heavy atom. The molecule has 0 saturated carbocycles. The largest absolute Gasteiger partial charge is 0.401 e. The van der Waals surface area contributed by atoms with Crippen LogP contribution < -0.4 is 0 Å². The van der Waals surface area contributed by atoms with Gasteiger partial charge >= 0.3 is 0 Å². The van der Waals surface area contributed by atoms with E-state index >= 15 is 0 Å². The maximum absolute atomic E-state index is 6.44. The molecule has 0 aromatic carbocycles. The van der Waals surface area contributed by atoms with E-state index < -0.39 is 8.32 Å². The molecule has 0 amide bonds. The van der Waals surface area contributed by atoms with Crippen LogP contribution in [0.25, 0.3) is 0 Å².